The summed E-state index contributed by atoms with van der Waals surface area (Å²) >= 11 is 1.12. The number of rotatable bonds is 5. The first-order valence-corrected chi connectivity index (χ1v) is 11.4. The maximum Gasteiger partial charge on any atom is 0.493 e. The summed E-state index contributed by atoms with van der Waals surface area (Å²) in [6.07, 6.45) is 3.44. The molecule has 2 aromatic carbocycles. The van der Waals surface area contributed by atoms with Gasteiger partial charge >= 0.3 is 13.1 Å². The van der Waals surface area contributed by atoms with Gasteiger partial charge in [0.05, 0.1) is 12.8 Å². The number of ether oxygens (including phenoxy) is 1. The van der Waals surface area contributed by atoms with Crippen molar-refractivity contribution in [2.75, 3.05) is 12.4 Å². The van der Waals surface area contributed by atoms with E-state index in [0.717, 1.165) is 53.6 Å². The minimum atomic E-state index is -1.18. The van der Waals surface area contributed by atoms with Crippen LogP contribution in [0.15, 0.2) is 53.6 Å². The maximum atomic E-state index is 12.8. The number of urea groups is 1. The Morgan fingerprint density at radius 3 is 2.97 bits per heavy atom. The first kappa shape index (κ1) is 21.8. The van der Waals surface area contributed by atoms with Gasteiger partial charge in [0.15, 0.2) is 6.29 Å². The molecule has 4 N–H and O–H groups in total. The number of aromatic nitrogens is 1. The number of aliphatic hydroxyl groups excluding tert-OH is 1. The van der Waals surface area contributed by atoms with E-state index < -0.39 is 13.4 Å². The third-order valence-corrected chi connectivity index (χ3v) is 6.66. The molecule has 33 heavy (non-hydrogen) atoms. The van der Waals surface area contributed by atoms with Crippen molar-refractivity contribution < 1.29 is 24.3 Å². The van der Waals surface area contributed by atoms with Crippen molar-refractivity contribution in [2.45, 2.75) is 30.4 Å². The van der Waals surface area contributed by atoms with Crippen molar-refractivity contribution in [3.63, 3.8) is 0 Å². The third kappa shape index (κ3) is 4.30. The number of carbonyl (C=O) groups is 1. The van der Waals surface area contributed by atoms with E-state index in [9.17, 15) is 14.9 Å². The van der Waals surface area contributed by atoms with E-state index in [1.165, 1.54) is 5.56 Å². The van der Waals surface area contributed by atoms with Gasteiger partial charge in [-0.2, -0.15) is 0 Å². The van der Waals surface area contributed by atoms with Crippen LogP contribution in [0.2, 0.25) is 0 Å². The smallest absolute Gasteiger partial charge is 0.481 e. The molecule has 0 spiro atoms. The van der Waals surface area contributed by atoms with E-state index in [2.05, 4.69) is 21.1 Å². The predicted molar refractivity (Wildman–Crippen MR) is 126 cm³/mol. The summed E-state index contributed by atoms with van der Waals surface area (Å²) < 4.78 is 13.1. The van der Waals surface area contributed by atoms with Gasteiger partial charge in [0.1, 0.15) is 0 Å². The highest BCUT2D eigenvalue weighted by Crippen LogP contribution is 2.38. The number of aryl methyl sites for hydroxylation is 1. The molecule has 5 rings (SSSR count). The minimum absolute atomic E-state index is 0.361. The van der Waals surface area contributed by atoms with Crippen LogP contribution in [0.1, 0.15) is 29.4 Å². The van der Waals surface area contributed by atoms with Crippen LogP contribution in [0, 0.1) is 0 Å². The molecular weight excluding hydrogens is 441 g/mol. The van der Waals surface area contributed by atoms with Crippen molar-refractivity contribution in [2.24, 2.45) is 0 Å². The highest BCUT2D eigenvalue weighted by atomic mass is 32.2. The molecule has 2 aliphatic rings. The number of nitrogens with zero attached hydrogens (tertiary/aromatic N) is 1. The van der Waals surface area contributed by atoms with Gasteiger partial charge < -0.3 is 24.8 Å². The number of fused-ring (bicyclic) bond motifs is 2. The number of methoxy groups -OCH3 is 1. The van der Waals surface area contributed by atoms with Gasteiger partial charge in [-0.3, -0.25) is 4.72 Å². The fraction of sp³-hybridized carbons (Fsp3) is 0.217. The average molecular weight is 463 g/mol. The number of amides is 2. The lowest BCUT2D eigenvalue weighted by Gasteiger charge is -2.17. The monoisotopic (exact) mass is 463 g/mol. The Hall–Kier alpha value is -3.05. The van der Waals surface area contributed by atoms with Crippen molar-refractivity contribution in [1.82, 2.24) is 9.71 Å². The number of aliphatic hydroxyl groups is 1. The number of nitrogens with one attached hydrogen (secondary N) is 2. The zero-order valence-electron chi connectivity index (χ0n) is 17.9. The van der Waals surface area contributed by atoms with Crippen LogP contribution in [0.5, 0.6) is 5.88 Å². The summed E-state index contributed by atoms with van der Waals surface area (Å²) in [6.45, 7) is 0. The average Bonchev–Trinajstić information content (AvgIpc) is 3.42. The third-order valence-electron chi connectivity index (χ3n) is 5.89. The molecule has 0 fully saturated rings. The second-order valence-corrected chi connectivity index (χ2v) is 8.74. The van der Waals surface area contributed by atoms with Gasteiger partial charge in [-0.05, 0) is 71.6 Å². The molecule has 1 aromatic heterocycles. The molecule has 0 saturated heterocycles. The van der Waals surface area contributed by atoms with E-state index in [0.29, 0.717) is 21.8 Å². The Kier molecular flexibility index (Phi) is 5.99. The second kappa shape index (κ2) is 9.07. The van der Waals surface area contributed by atoms with Crippen LogP contribution in [-0.4, -0.2) is 35.4 Å². The summed E-state index contributed by atoms with van der Waals surface area (Å²) in [7, 11) is 0.430. The number of hydrogen-bond donors (Lipinski definition) is 4. The van der Waals surface area contributed by atoms with Gasteiger partial charge in [-0.15, -0.1) is 0 Å². The van der Waals surface area contributed by atoms with E-state index in [4.69, 9.17) is 9.39 Å². The van der Waals surface area contributed by atoms with Gasteiger partial charge in [0.2, 0.25) is 5.88 Å². The lowest BCUT2D eigenvalue weighted by molar-refractivity contribution is -0.0220. The van der Waals surface area contributed by atoms with Crippen molar-refractivity contribution >= 4 is 36.2 Å². The lowest BCUT2D eigenvalue weighted by atomic mass is 9.80. The van der Waals surface area contributed by atoms with Crippen LogP contribution in [0.3, 0.4) is 0 Å². The van der Waals surface area contributed by atoms with Crippen LogP contribution < -0.4 is 20.2 Å². The molecule has 0 radical (unpaired) electrons. The Balaban J connectivity index is 1.36. The van der Waals surface area contributed by atoms with Gasteiger partial charge in [0, 0.05) is 28.3 Å². The Morgan fingerprint density at radius 2 is 2.12 bits per heavy atom. The van der Waals surface area contributed by atoms with Crippen LogP contribution >= 0.6 is 11.9 Å². The quantitative estimate of drug-likeness (QED) is 0.340. The highest BCUT2D eigenvalue weighted by Gasteiger charge is 2.34. The SMILES string of the molecule is COc1cc(-c2ccc3c(c2NC(=O)NSc2ccc4c(c2)C(O)OB4O)CCC3)ccn1. The number of carbonyl (C=O) groups excluding carboxylic acids is 1. The predicted octanol–water partition coefficient (Wildman–Crippen LogP) is 2.78. The van der Waals surface area contributed by atoms with E-state index in [-0.39, 0.29) is 6.03 Å². The molecule has 3 aromatic rings. The Morgan fingerprint density at radius 1 is 1.24 bits per heavy atom. The molecule has 1 aliphatic carbocycles. The van der Waals surface area contributed by atoms with Crippen LogP contribution in [0.25, 0.3) is 11.1 Å². The van der Waals surface area contributed by atoms with Crippen molar-refractivity contribution in [1.29, 1.82) is 0 Å². The maximum absolute atomic E-state index is 12.8. The van der Waals surface area contributed by atoms with Gasteiger partial charge in [-0.25, -0.2) is 9.78 Å². The van der Waals surface area contributed by atoms with Gasteiger partial charge in [0.25, 0.3) is 0 Å². The molecule has 1 unspecified atom stereocenters. The molecule has 2 amide bonds. The standard InChI is InChI=1S/C23H22BN3O5S/c1-31-20-11-14(9-10-25-20)17-7-5-13-3-2-4-16(13)21(17)26-23(29)27-33-15-6-8-19-18(12-15)22(28)32-24(19)30/h5-12,22,28,30H,2-4H2,1H3,(H2,26,27,29). The zero-order chi connectivity index (χ0) is 22.9. The first-order valence-electron chi connectivity index (χ1n) is 10.6. The molecule has 10 heteroatoms. The molecule has 2 heterocycles. The molecule has 168 valence electrons. The number of anilines is 1. The molecular formula is C23H22BN3O5S. The van der Waals surface area contributed by atoms with E-state index >= 15 is 0 Å². The summed E-state index contributed by atoms with van der Waals surface area (Å²) in [5, 5.41) is 22.7. The molecule has 0 bridgehead atoms. The van der Waals surface area contributed by atoms with Crippen LogP contribution in [-0.2, 0) is 17.5 Å². The van der Waals surface area contributed by atoms with Crippen molar-refractivity contribution in [3.8, 4) is 17.0 Å². The second-order valence-electron chi connectivity index (χ2n) is 7.86. The number of hydrogen-bond acceptors (Lipinski definition) is 7. The minimum Gasteiger partial charge on any atom is -0.481 e. The Bertz CT molecular complexity index is 1220. The molecule has 1 aliphatic heterocycles. The first-order chi connectivity index (χ1) is 16.0. The largest absolute Gasteiger partial charge is 0.493 e. The number of benzene rings is 2. The summed E-state index contributed by atoms with van der Waals surface area (Å²) in [5.74, 6) is 0.506. The fourth-order valence-electron chi connectivity index (χ4n) is 4.31. The molecule has 8 nitrogen and oxygen atoms in total. The number of pyridine rings is 1. The lowest BCUT2D eigenvalue weighted by Crippen LogP contribution is -2.28. The van der Waals surface area contributed by atoms with Crippen molar-refractivity contribution in [3.05, 3.63) is 65.4 Å². The van der Waals surface area contributed by atoms with Gasteiger partial charge in [-0.1, -0.05) is 18.2 Å². The fourth-order valence-corrected chi connectivity index (χ4v) is 4.89. The molecule has 0 saturated carbocycles. The normalized spacial score (nSPS) is 16.3. The highest BCUT2D eigenvalue weighted by molar-refractivity contribution is 7.98. The van der Waals surface area contributed by atoms with Crippen LogP contribution in [0.4, 0.5) is 10.5 Å². The Labute approximate surface area is 195 Å². The zero-order valence-corrected chi connectivity index (χ0v) is 18.7. The topological polar surface area (TPSA) is 113 Å². The molecule has 1 atom stereocenters. The van der Waals surface area contributed by atoms with E-state index in [1.54, 1.807) is 31.5 Å². The summed E-state index contributed by atoms with van der Waals surface area (Å²) in [6, 6.07) is 12.6. The summed E-state index contributed by atoms with van der Waals surface area (Å²) in [5.41, 5.74) is 6.01. The summed E-state index contributed by atoms with van der Waals surface area (Å²) in [4.78, 5) is 17.7. The van der Waals surface area contributed by atoms with E-state index in [1.807, 2.05) is 18.2 Å².